The molecular formula is C49H93NO10. The summed E-state index contributed by atoms with van der Waals surface area (Å²) in [6.07, 6.45) is 32.4. The molecule has 11 heteroatoms. The third-order valence-corrected chi connectivity index (χ3v) is 12.0. The van der Waals surface area contributed by atoms with Crippen LogP contribution in [0.5, 0.6) is 0 Å². The highest BCUT2D eigenvalue weighted by molar-refractivity contribution is 5.80. The van der Waals surface area contributed by atoms with E-state index in [1.807, 2.05) is 0 Å². The number of carbonyl (C=O) groups excluding carboxylic acids is 1. The molecule has 0 radical (unpaired) electrons. The first-order valence-corrected chi connectivity index (χ1v) is 24.7. The predicted octanol–water partition coefficient (Wildman–Crippen LogP) is 8.62. The highest BCUT2D eigenvalue weighted by Crippen LogP contribution is 2.23. The topological polar surface area (TPSA) is 189 Å². The molecule has 0 aromatic rings. The van der Waals surface area contributed by atoms with Crippen LogP contribution in [0.15, 0.2) is 24.3 Å². The van der Waals surface area contributed by atoms with Crippen molar-refractivity contribution < 1.29 is 50.0 Å². The molecule has 9 unspecified atom stereocenters. The van der Waals surface area contributed by atoms with Crippen molar-refractivity contribution in [3.05, 3.63) is 24.3 Å². The Morgan fingerprint density at radius 1 is 0.567 bits per heavy atom. The number of aliphatic hydroxyl groups is 7. The van der Waals surface area contributed by atoms with Crippen molar-refractivity contribution in [2.75, 3.05) is 13.2 Å². The number of nitrogens with one attached hydrogen (secondary N) is 1. The number of carbonyl (C=O) groups is 1. The Morgan fingerprint density at radius 2 is 0.983 bits per heavy atom. The number of amides is 1. The van der Waals surface area contributed by atoms with Gasteiger partial charge >= 0.3 is 0 Å². The highest BCUT2D eigenvalue weighted by Gasteiger charge is 2.44. The summed E-state index contributed by atoms with van der Waals surface area (Å²) >= 11 is 0. The van der Waals surface area contributed by atoms with Gasteiger partial charge in [0.15, 0.2) is 6.29 Å². The summed E-state index contributed by atoms with van der Waals surface area (Å²) in [5.74, 6) is -0.717. The lowest BCUT2D eigenvalue weighted by Gasteiger charge is -2.40. The van der Waals surface area contributed by atoms with Crippen molar-refractivity contribution in [3.63, 3.8) is 0 Å². The van der Waals surface area contributed by atoms with E-state index in [2.05, 4.69) is 43.5 Å². The highest BCUT2D eigenvalue weighted by atomic mass is 16.7. The van der Waals surface area contributed by atoms with E-state index in [4.69, 9.17) is 9.47 Å². The third-order valence-electron chi connectivity index (χ3n) is 12.0. The first-order valence-electron chi connectivity index (χ1n) is 24.7. The molecule has 1 aliphatic heterocycles. The van der Waals surface area contributed by atoms with E-state index in [1.165, 1.54) is 122 Å². The maximum Gasteiger partial charge on any atom is 0.249 e. The summed E-state index contributed by atoms with van der Waals surface area (Å²) in [4.78, 5) is 13.0. The zero-order chi connectivity index (χ0) is 44.1. The summed E-state index contributed by atoms with van der Waals surface area (Å²) in [5.41, 5.74) is 0. The van der Waals surface area contributed by atoms with Crippen LogP contribution in [-0.2, 0) is 14.3 Å². The lowest BCUT2D eigenvalue weighted by molar-refractivity contribution is -0.303. The lowest BCUT2D eigenvalue weighted by Crippen LogP contribution is -2.60. The van der Waals surface area contributed by atoms with E-state index in [0.717, 1.165) is 51.4 Å². The van der Waals surface area contributed by atoms with Crippen LogP contribution in [0.4, 0.5) is 0 Å². The van der Waals surface area contributed by atoms with Gasteiger partial charge in [0.25, 0.3) is 0 Å². The number of aliphatic hydroxyl groups excluding tert-OH is 7. The number of unbranched alkanes of at least 4 members (excludes halogenated alkanes) is 25. The molecule has 354 valence electrons. The first-order chi connectivity index (χ1) is 29.2. The molecule has 1 fully saturated rings. The molecule has 8 N–H and O–H groups in total. The number of ether oxygens (including phenoxy) is 2. The van der Waals surface area contributed by atoms with E-state index < -0.39 is 74.2 Å². The molecule has 60 heavy (non-hydrogen) atoms. The van der Waals surface area contributed by atoms with Gasteiger partial charge in [-0.15, -0.1) is 0 Å². The molecule has 0 aromatic carbocycles. The lowest BCUT2D eigenvalue weighted by atomic mass is 9.98. The minimum atomic E-state index is -1.67. The first kappa shape index (κ1) is 56.6. The maximum absolute atomic E-state index is 13.0. The molecule has 1 amide bonds. The summed E-state index contributed by atoms with van der Waals surface area (Å²) in [6, 6.07) is -1.19. The summed E-state index contributed by atoms with van der Waals surface area (Å²) < 4.78 is 11.1. The molecule has 0 aliphatic carbocycles. The van der Waals surface area contributed by atoms with Crippen LogP contribution in [0.25, 0.3) is 0 Å². The Labute approximate surface area is 365 Å². The summed E-state index contributed by atoms with van der Waals surface area (Å²) in [7, 11) is 0. The van der Waals surface area contributed by atoms with Gasteiger partial charge in [-0.3, -0.25) is 4.79 Å². The molecule has 11 nitrogen and oxygen atoms in total. The second-order valence-electron chi connectivity index (χ2n) is 17.5. The SMILES string of the molecule is CCCCC/C=C\CCCCCCC(O)C(=O)NC(COC1OC(CO)C(O)C(O)C1O)C(O)C(O)CCC/C=C/CCCCCCCCCCCCCCCCCCC. The standard InChI is InChI=1S/C49H93NO10/c1-3-5-7-9-11-13-15-16-17-18-19-20-21-22-23-24-25-27-28-30-32-34-36-41(52)44(54)40(39-59-49-47(57)46(56)45(55)43(38-51)60-49)50-48(58)42(53)37-35-33-31-29-26-14-12-10-8-6-4-2/h12,14,28,30,40-47,49,51-57H,3-11,13,15-27,29,31-39H2,1-2H3,(H,50,58)/b14-12-,30-28+. The van der Waals surface area contributed by atoms with E-state index in [9.17, 15) is 40.5 Å². The zero-order valence-electron chi connectivity index (χ0n) is 38.2. The third kappa shape index (κ3) is 28.3. The largest absolute Gasteiger partial charge is 0.394 e. The van der Waals surface area contributed by atoms with Gasteiger partial charge in [-0.05, 0) is 64.2 Å². The van der Waals surface area contributed by atoms with Crippen molar-refractivity contribution in [1.29, 1.82) is 0 Å². The summed E-state index contributed by atoms with van der Waals surface area (Å²) in [6.45, 7) is 3.39. The van der Waals surface area contributed by atoms with Crippen molar-refractivity contribution >= 4 is 5.91 Å². The van der Waals surface area contributed by atoms with Gasteiger partial charge in [0.1, 0.15) is 36.6 Å². The van der Waals surface area contributed by atoms with Crippen LogP contribution in [0, 0.1) is 0 Å². The molecular weight excluding hydrogens is 763 g/mol. The fourth-order valence-corrected chi connectivity index (χ4v) is 7.85. The molecule has 1 rings (SSSR count). The van der Waals surface area contributed by atoms with E-state index >= 15 is 0 Å². The molecule has 0 aromatic heterocycles. The number of allylic oxidation sites excluding steroid dienone is 4. The molecule has 1 saturated heterocycles. The van der Waals surface area contributed by atoms with Gasteiger partial charge in [-0.1, -0.05) is 173 Å². The van der Waals surface area contributed by atoms with Crippen LogP contribution in [0.1, 0.15) is 213 Å². The molecule has 0 spiro atoms. The minimum absolute atomic E-state index is 0.240. The Hall–Kier alpha value is -1.41. The fourth-order valence-electron chi connectivity index (χ4n) is 7.85. The number of hydrogen-bond donors (Lipinski definition) is 8. The molecule has 9 atom stereocenters. The van der Waals surface area contributed by atoms with Crippen molar-refractivity contribution in [3.8, 4) is 0 Å². The second kappa shape index (κ2) is 39.2. The van der Waals surface area contributed by atoms with Gasteiger partial charge in [-0.25, -0.2) is 0 Å². The van der Waals surface area contributed by atoms with E-state index in [-0.39, 0.29) is 12.8 Å². The predicted molar refractivity (Wildman–Crippen MR) is 242 cm³/mol. The Kier molecular flexibility index (Phi) is 37.0. The van der Waals surface area contributed by atoms with E-state index in [1.54, 1.807) is 0 Å². The Morgan fingerprint density at radius 3 is 1.47 bits per heavy atom. The maximum atomic E-state index is 13.0. The average Bonchev–Trinajstić information content (AvgIpc) is 3.25. The number of rotatable bonds is 41. The Balaban J connectivity index is 2.39. The van der Waals surface area contributed by atoms with Crippen molar-refractivity contribution in [2.45, 2.75) is 268 Å². The quantitative estimate of drug-likeness (QED) is 0.0218. The molecule has 0 bridgehead atoms. The molecule has 1 aliphatic rings. The van der Waals surface area contributed by atoms with Gasteiger partial charge < -0.3 is 50.5 Å². The van der Waals surface area contributed by atoms with Gasteiger partial charge in [-0.2, -0.15) is 0 Å². The van der Waals surface area contributed by atoms with Crippen molar-refractivity contribution in [2.24, 2.45) is 0 Å². The number of hydrogen-bond acceptors (Lipinski definition) is 10. The van der Waals surface area contributed by atoms with Gasteiger partial charge in [0.05, 0.1) is 25.4 Å². The smallest absolute Gasteiger partial charge is 0.249 e. The normalized spacial score (nSPS) is 21.8. The zero-order valence-corrected chi connectivity index (χ0v) is 38.2. The summed E-state index contributed by atoms with van der Waals surface area (Å²) in [5, 5.41) is 75.6. The van der Waals surface area contributed by atoms with Gasteiger partial charge in [0.2, 0.25) is 5.91 Å². The minimum Gasteiger partial charge on any atom is -0.394 e. The van der Waals surface area contributed by atoms with Crippen LogP contribution in [-0.4, -0.2) is 110 Å². The average molecular weight is 856 g/mol. The second-order valence-corrected chi connectivity index (χ2v) is 17.5. The molecule has 0 saturated carbocycles. The molecule has 1 heterocycles. The van der Waals surface area contributed by atoms with Crippen LogP contribution >= 0.6 is 0 Å². The monoisotopic (exact) mass is 856 g/mol. The van der Waals surface area contributed by atoms with Crippen LogP contribution in [0.2, 0.25) is 0 Å². The fraction of sp³-hybridized carbons (Fsp3) is 0.898. The van der Waals surface area contributed by atoms with Gasteiger partial charge in [0, 0.05) is 0 Å². The van der Waals surface area contributed by atoms with Crippen LogP contribution in [0.3, 0.4) is 0 Å². The van der Waals surface area contributed by atoms with Crippen LogP contribution < -0.4 is 5.32 Å². The van der Waals surface area contributed by atoms with Crippen molar-refractivity contribution in [1.82, 2.24) is 5.32 Å². The van der Waals surface area contributed by atoms with E-state index in [0.29, 0.717) is 12.8 Å². The Bertz CT molecular complexity index is 1030.